The number of hydrogen-bond donors (Lipinski definition) is 3. The zero-order valence-corrected chi connectivity index (χ0v) is 7.14. The molecule has 0 radical (unpaired) electrons. The van der Waals surface area contributed by atoms with Crippen LogP contribution in [0.15, 0.2) is 0 Å². The summed E-state index contributed by atoms with van der Waals surface area (Å²) in [6, 6.07) is 0. The van der Waals surface area contributed by atoms with Gasteiger partial charge in [-0.25, -0.2) is 0 Å². The molecule has 0 spiro atoms. The number of nitrogens with two attached hydrogens (primary N) is 2. The van der Waals surface area contributed by atoms with Gasteiger partial charge in [-0.15, -0.1) is 0 Å². The molecule has 7 N–H and O–H groups in total. The zero-order valence-electron chi connectivity index (χ0n) is 5.51. The van der Waals surface area contributed by atoms with Crippen LogP contribution in [0.4, 0.5) is 0 Å². The highest BCUT2D eigenvalue weighted by Gasteiger charge is 1.84. The van der Waals surface area contributed by atoms with Crippen molar-refractivity contribution >= 4 is 21.6 Å². The molecule has 5 heteroatoms. The van der Waals surface area contributed by atoms with Crippen LogP contribution in [0.3, 0.4) is 0 Å². The van der Waals surface area contributed by atoms with Crippen molar-refractivity contribution in [1.29, 1.82) is 0 Å². The van der Waals surface area contributed by atoms with Crippen LogP contribution in [0.5, 0.6) is 0 Å². The fraction of sp³-hybridized carbons (Fsp3) is 1.00. The van der Waals surface area contributed by atoms with E-state index in [1.165, 1.54) is 0 Å². The largest absolute Gasteiger partial charge is 0.344 e. The van der Waals surface area contributed by atoms with Crippen LogP contribution in [-0.4, -0.2) is 24.6 Å². The predicted molar refractivity (Wildman–Crippen MR) is 48.0 cm³/mol. The van der Waals surface area contributed by atoms with Crippen LogP contribution < -0.4 is 17.6 Å². The van der Waals surface area contributed by atoms with Gasteiger partial charge in [-0.3, -0.25) is 0 Å². The van der Waals surface area contributed by atoms with E-state index >= 15 is 0 Å². The van der Waals surface area contributed by atoms with Crippen LogP contribution in [0.1, 0.15) is 0 Å². The van der Waals surface area contributed by atoms with Gasteiger partial charge in [0.2, 0.25) is 0 Å². The fourth-order valence-electron chi connectivity index (χ4n) is 0.214. The second-order valence-corrected chi connectivity index (χ2v) is 3.92. The van der Waals surface area contributed by atoms with Gasteiger partial charge in [0.25, 0.3) is 0 Å². The van der Waals surface area contributed by atoms with Gasteiger partial charge in [-0.2, -0.15) is 0 Å². The van der Waals surface area contributed by atoms with Crippen LogP contribution >= 0.6 is 21.6 Å². The van der Waals surface area contributed by atoms with Crippen molar-refractivity contribution < 1.29 is 0 Å². The minimum atomic E-state index is 0. The Hall–Kier alpha value is 0.580. The lowest BCUT2D eigenvalue weighted by Crippen LogP contribution is -2.02. The summed E-state index contributed by atoms with van der Waals surface area (Å²) >= 11 is 0. The third-order valence-electron chi connectivity index (χ3n) is 0.486. The van der Waals surface area contributed by atoms with E-state index in [2.05, 4.69) is 0 Å². The first-order valence-electron chi connectivity index (χ1n) is 2.56. The van der Waals surface area contributed by atoms with E-state index in [-0.39, 0.29) is 6.15 Å². The molecule has 9 heavy (non-hydrogen) atoms. The number of rotatable bonds is 5. The Bertz CT molecular complexity index is 38.8. The molecule has 58 valence electrons. The minimum Gasteiger partial charge on any atom is -0.344 e. The van der Waals surface area contributed by atoms with Crippen LogP contribution in [0, 0.1) is 0 Å². The van der Waals surface area contributed by atoms with Crippen LogP contribution in [-0.2, 0) is 0 Å². The Kier molecular flexibility index (Phi) is 15.5. The van der Waals surface area contributed by atoms with E-state index in [9.17, 15) is 0 Å². The van der Waals surface area contributed by atoms with Crippen molar-refractivity contribution in [3.05, 3.63) is 0 Å². The third kappa shape index (κ3) is 11.9. The van der Waals surface area contributed by atoms with Crippen molar-refractivity contribution in [2.45, 2.75) is 0 Å². The zero-order chi connectivity index (χ0) is 6.24. The quantitative estimate of drug-likeness (QED) is 0.411. The first-order valence-corrected chi connectivity index (χ1v) is 5.05. The molecule has 0 saturated heterocycles. The summed E-state index contributed by atoms with van der Waals surface area (Å²) < 4.78 is 0. The molecule has 0 fully saturated rings. The molecule has 3 nitrogen and oxygen atoms in total. The molecule has 0 aliphatic rings. The van der Waals surface area contributed by atoms with Gasteiger partial charge in [-0.1, -0.05) is 21.6 Å². The smallest absolute Gasteiger partial charge is 0.0160 e. The lowest BCUT2D eigenvalue weighted by atomic mass is 10.8. The van der Waals surface area contributed by atoms with Gasteiger partial charge in [-0.05, 0) is 0 Å². The van der Waals surface area contributed by atoms with Crippen molar-refractivity contribution in [2.24, 2.45) is 11.5 Å². The molecule has 0 aliphatic heterocycles. The van der Waals surface area contributed by atoms with E-state index in [0.717, 1.165) is 24.6 Å². The Morgan fingerprint density at radius 3 is 1.44 bits per heavy atom. The fourth-order valence-corrected chi connectivity index (χ4v) is 1.93. The minimum absolute atomic E-state index is 0. The van der Waals surface area contributed by atoms with E-state index in [0.29, 0.717) is 0 Å². The molecule has 0 aromatic heterocycles. The molecule has 0 aromatic rings. The summed E-state index contributed by atoms with van der Waals surface area (Å²) in [4.78, 5) is 0. The molecule has 0 amide bonds. The average Bonchev–Trinajstić information content (AvgIpc) is 1.81. The maximum Gasteiger partial charge on any atom is 0.0160 e. The lowest BCUT2D eigenvalue weighted by Gasteiger charge is -1.93. The summed E-state index contributed by atoms with van der Waals surface area (Å²) in [7, 11) is 3.58. The summed E-state index contributed by atoms with van der Waals surface area (Å²) in [6.07, 6.45) is 0. The van der Waals surface area contributed by atoms with Crippen molar-refractivity contribution in [3.8, 4) is 0 Å². The third-order valence-corrected chi connectivity index (χ3v) is 2.96. The summed E-state index contributed by atoms with van der Waals surface area (Å²) in [5.74, 6) is 2.06. The molecule has 0 saturated carbocycles. The highest BCUT2D eigenvalue weighted by Crippen LogP contribution is 2.18. The van der Waals surface area contributed by atoms with Gasteiger partial charge in [0.1, 0.15) is 0 Å². The predicted octanol–water partition coefficient (Wildman–Crippen LogP) is 0.447. The van der Waals surface area contributed by atoms with Gasteiger partial charge < -0.3 is 17.6 Å². The lowest BCUT2D eigenvalue weighted by molar-refractivity contribution is 1.15. The second-order valence-electron chi connectivity index (χ2n) is 1.22. The Balaban J connectivity index is 0. The summed E-state index contributed by atoms with van der Waals surface area (Å²) in [6.45, 7) is 1.53. The molecular weight excluding hydrogens is 154 g/mol. The highest BCUT2D eigenvalue weighted by atomic mass is 33.1. The maximum atomic E-state index is 5.25. The van der Waals surface area contributed by atoms with E-state index in [1.807, 2.05) is 0 Å². The molecular formula is C4H15N3S2. The van der Waals surface area contributed by atoms with Gasteiger partial charge in [0.15, 0.2) is 0 Å². The topological polar surface area (TPSA) is 87.0 Å². The molecule has 0 rings (SSSR count). The maximum absolute atomic E-state index is 5.25. The Morgan fingerprint density at radius 1 is 0.889 bits per heavy atom. The van der Waals surface area contributed by atoms with Crippen LogP contribution in [0.2, 0.25) is 0 Å². The SMILES string of the molecule is N.NCCSSCCN. The van der Waals surface area contributed by atoms with Gasteiger partial charge >= 0.3 is 0 Å². The Morgan fingerprint density at radius 2 is 1.22 bits per heavy atom. The first-order chi connectivity index (χ1) is 3.91. The van der Waals surface area contributed by atoms with E-state index in [4.69, 9.17) is 11.5 Å². The Labute approximate surface area is 64.3 Å². The molecule has 0 unspecified atom stereocenters. The first kappa shape index (κ1) is 12.3. The standard InChI is InChI=1S/C4H12N2S2.H3N/c5-1-3-7-8-4-2-6;/h1-6H2;1H3. The van der Waals surface area contributed by atoms with Crippen molar-refractivity contribution in [3.63, 3.8) is 0 Å². The van der Waals surface area contributed by atoms with E-state index in [1.54, 1.807) is 21.6 Å². The molecule has 0 aliphatic carbocycles. The summed E-state index contributed by atoms with van der Waals surface area (Å²) in [5.41, 5.74) is 10.5. The van der Waals surface area contributed by atoms with Crippen LogP contribution in [0.25, 0.3) is 0 Å². The summed E-state index contributed by atoms with van der Waals surface area (Å²) in [5, 5.41) is 0. The molecule has 0 bridgehead atoms. The second kappa shape index (κ2) is 11.4. The van der Waals surface area contributed by atoms with Gasteiger partial charge in [0.05, 0.1) is 0 Å². The van der Waals surface area contributed by atoms with Crippen molar-refractivity contribution in [1.82, 2.24) is 6.15 Å². The highest BCUT2D eigenvalue weighted by molar-refractivity contribution is 8.76. The normalized spacial score (nSPS) is 8.67. The van der Waals surface area contributed by atoms with Gasteiger partial charge in [0, 0.05) is 24.6 Å². The monoisotopic (exact) mass is 169 g/mol. The molecule has 0 atom stereocenters. The molecule has 0 heterocycles. The average molecular weight is 169 g/mol. The molecule has 0 aromatic carbocycles. The number of hydrogen-bond acceptors (Lipinski definition) is 5. The van der Waals surface area contributed by atoms with Crippen molar-refractivity contribution in [2.75, 3.05) is 24.6 Å². The van der Waals surface area contributed by atoms with E-state index < -0.39 is 0 Å².